The van der Waals surface area contributed by atoms with Gasteiger partial charge in [-0.3, -0.25) is 0 Å². The predicted octanol–water partition coefficient (Wildman–Crippen LogP) is 1.42. The monoisotopic (exact) mass is 228 g/mol. The maximum atomic E-state index is 12.2. The van der Waals surface area contributed by atoms with E-state index in [9.17, 15) is 26.3 Å². The Kier molecular flexibility index (Phi) is 3.76. The molecule has 0 heterocycles. The second-order valence-corrected chi connectivity index (χ2v) is 2.23. The van der Waals surface area contributed by atoms with Crippen LogP contribution < -0.4 is 0 Å². The molecule has 0 unspecified atom stereocenters. The largest absolute Gasteiger partial charge is 0.452 e. The summed E-state index contributed by atoms with van der Waals surface area (Å²) in [7, 11) is 0.729. The van der Waals surface area contributed by atoms with Gasteiger partial charge in [0, 0.05) is 7.11 Å². The van der Waals surface area contributed by atoms with Gasteiger partial charge in [0.05, 0.1) is 0 Å². The van der Waals surface area contributed by atoms with E-state index >= 15 is 0 Å². The van der Waals surface area contributed by atoms with Gasteiger partial charge in [0.1, 0.15) is 6.61 Å². The van der Waals surface area contributed by atoms with Crippen molar-refractivity contribution in [2.75, 3.05) is 13.7 Å². The molecular formula is C5H6F6O3. The summed E-state index contributed by atoms with van der Waals surface area (Å²) in [5, 5.41) is 7.49. The van der Waals surface area contributed by atoms with Gasteiger partial charge >= 0.3 is 18.3 Å². The van der Waals surface area contributed by atoms with Crippen molar-refractivity contribution in [1.82, 2.24) is 0 Å². The normalized spacial score (nSPS) is 14.6. The SMILES string of the molecule is COCC(F)(F)OC(F)(F)C(O)(F)F. The van der Waals surface area contributed by atoms with Crippen LogP contribution in [-0.2, 0) is 9.47 Å². The quantitative estimate of drug-likeness (QED) is 0.723. The molecular weight excluding hydrogens is 222 g/mol. The lowest BCUT2D eigenvalue weighted by atomic mass is 10.5. The van der Waals surface area contributed by atoms with Gasteiger partial charge in [-0.1, -0.05) is 0 Å². The number of ether oxygens (including phenoxy) is 2. The number of halogens is 6. The fraction of sp³-hybridized carbons (Fsp3) is 1.00. The molecule has 0 bridgehead atoms. The van der Waals surface area contributed by atoms with Crippen molar-refractivity contribution in [3.63, 3.8) is 0 Å². The average Bonchev–Trinajstić information content (AvgIpc) is 1.80. The summed E-state index contributed by atoms with van der Waals surface area (Å²) < 4.78 is 77.7. The molecule has 0 spiro atoms. The van der Waals surface area contributed by atoms with Gasteiger partial charge in [-0.2, -0.15) is 26.3 Å². The molecule has 0 saturated heterocycles. The van der Waals surface area contributed by atoms with E-state index in [-0.39, 0.29) is 0 Å². The third kappa shape index (κ3) is 3.68. The topological polar surface area (TPSA) is 38.7 Å². The summed E-state index contributed by atoms with van der Waals surface area (Å²) >= 11 is 0. The second kappa shape index (κ2) is 3.91. The van der Waals surface area contributed by atoms with E-state index in [1.807, 2.05) is 0 Å². The molecule has 0 radical (unpaired) electrons. The maximum Gasteiger partial charge on any atom is 0.452 e. The molecule has 0 aromatic carbocycles. The van der Waals surface area contributed by atoms with Crippen LogP contribution in [0.5, 0.6) is 0 Å². The first-order valence-electron chi connectivity index (χ1n) is 3.07. The first-order chi connectivity index (χ1) is 6.02. The van der Waals surface area contributed by atoms with Gasteiger partial charge in [0.15, 0.2) is 0 Å². The van der Waals surface area contributed by atoms with Crippen LogP contribution in [0.4, 0.5) is 26.3 Å². The standard InChI is InChI=1S/C5H6F6O3/c1-13-2-3(6,7)14-5(10,11)4(8,9)12/h12H,2H2,1H3. The van der Waals surface area contributed by atoms with Crippen LogP contribution in [0.15, 0.2) is 0 Å². The Hall–Kier alpha value is -0.540. The van der Waals surface area contributed by atoms with Crippen molar-refractivity contribution < 1.29 is 40.9 Å². The van der Waals surface area contributed by atoms with E-state index in [1.165, 1.54) is 0 Å². The Morgan fingerprint density at radius 1 is 1.07 bits per heavy atom. The Morgan fingerprint density at radius 2 is 1.50 bits per heavy atom. The molecule has 0 saturated carbocycles. The number of hydrogen-bond acceptors (Lipinski definition) is 3. The molecule has 0 aliphatic heterocycles. The molecule has 0 aromatic heterocycles. The third-order valence-electron chi connectivity index (χ3n) is 0.940. The van der Waals surface area contributed by atoms with Crippen LogP contribution in [0, 0.1) is 0 Å². The highest BCUT2D eigenvalue weighted by molar-refractivity contribution is 4.66. The number of methoxy groups -OCH3 is 1. The average molecular weight is 228 g/mol. The van der Waals surface area contributed by atoms with Crippen molar-refractivity contribution >= 4 is 0 Å². The smallest absolute Gasteiger partial charge is 0.376 e. The number of hydrogen-bond donors (Lipinski definition) is 1. The van der Waals surface area contributed by atoms with Crippen molar-refractivity contribution in [3.05, 3.63) is 0 Å². The number of rotatable bonds is 5. The van der Waals surface area contributed by atoms with E-state index < -0.39 is 24.9 Å². The van der Waals surface area contributed by atoms with Crippen molar-refractivity contribution in [3.8, 4) is 0 Å². The van der Waals surface area contributed by atoms with Crippen LogP contribution in [0.3, 0.4) is 0 Å². The highest BCUT2D eigenvalue weighted by atomic mass is 19.3. The third-order valence-corrected chi connectivity index (χ3v) is 0.940. The molecule has 0 aliphatic carbocycles. The van der Waals surface area contributed by atoms with E-state index in [4.69, 9.17) is 5.11 Å². The summed E-state index contributed by atoms with van der Waals surface area (Å²) in [5.74, 6) is 0. The Morgan fingerprint density at radius 3 is 1.79 bits per heavy atom. The molecule has 0 amide bonds. The second-order valence-electron chi connectivity index (χ2n) is 2.23. The fourth-order valence-electron chi connectivity index (χ4n) is 0.446. The summed E-state index contributed by atoms with van der Waals surface area (Å²) in [6.45, 7) is -1.64. The summed E-state index contributed by atoms with van der Waals surface area (Å²) in [4.78, 5) is 0. The molecule has 14 heavy (non-hydrogen) atoms. The Balaban J connectivity index is 4.50. The molecule has 86 valence electrons. The number of alkyl halides is 6. The van der Waals surface area contributed by atoms with Crippen molar-refractivity contribution in [1.29, 1.82) is 0 Å². The zero-order chi connectivity index (χ0) is 11.6. The lowest BCUT2D eigenvalue weighted by molar-refractivity contribution is -0.476. The molecule has 0 rings (SSSR count). The van der Waals surface area contributed by atoms with Crippen LogP contribution in [-0.4, -0.2) is 37.1 Å². The minimum atomic E-state index is -5.69. The van der Waals surface area contributed by atoms with Crippen LogP contribution in [0.1, 0.15) is 0 Å². The molecule has 1 N–H and O–H groups in total. The van der Waals surface area contributed by atoms with Gasteiger partial charge in [0.25, 0.3) is 0 Å². The van der Waals surface area contributed by atoms with Crippen LogP contribution in [0.25, 0.3) is 0 Å². The molecule has 0 aliphatic rings. The Labute approximate surface area is 74.2 Å². The van der Waals surface area contributed by atoms with E-state index in [1.54, 1.807) is 0 Å². The maximum absolute atomic E-state index is 12.2. The highest BCUT2D eigenvalue weighted by Gasteiger charge is 2.62. The zero-order valence-electron chi connectivity index (χ0n) is 6.74. The minimum Gasteiger partial charge on any atom is -0.376 e. The molecule has 0 aromatic rings. The Bertz CT molecular complexity index is 188. The van der Waals surface area contributed by atoms with Gasteiger partial charge < -0.3 is 9.84 Å². The van der Waals surface area contributed by atoms with E-state index in [2.05, 4.69) is 9.47 Å². The van der Waals surface area contributed by atoms with Crippen LogP contribution in [0.2, 0.25) is 0 Å². The van der Waals surface area contributed by atoms with Gasteiger partial charge in [-0.05, 0) is 0 Å². The summed E-state index contributed by atoms with van der Waals surface area (Å²) in [6, 6.07) is 0. The predicted molar refractivity (Wildman–Crippen MR) is 30.0 cm³/mol. The molecule has 0 fully saturated rings. The van der Waals surface area contributed by atoms with Crippen molar-refractivity contribution in [2.24, 2.45) is 0 Å². The lowest BCUT2D eigenvalue weighted by Gasteiger charge is -2.25. The van der Waals surface area contributed by atoms with Crippen LogP contribution >= 0.6 is 0 Å². The molecule has 0 atom stereocenters. The molecule has 3 nitrogen and oxygen atoms in total. The number of aliphatic hydroxyl groups is 1. The van der Waals surface area contributed by atoms with Gasteiger partial charge in [-0.25, -0.2) is 4.74 Å². The first kappa shape index (κ1) is 13.5. The highest BCUT2D eigenvalue weighted by Crippen LogP contribution is 2.37. The van der Waals surface area contributed by atoms with Crippen molar-refractivity contribution in [2.45, 2.75) is 18.3 Å². The van der Waals surface area contributed by atoms with Gasteiger partial charge in [-0.15, -0.1) is 0 Å². The first-order valence-corrected chi connectivity index (χ1v) is 3.07. The lowest BCUT2D eigenvalue weighted by Crippen LogP contribution is -2.48. The summed E-state index contributed by atoms with van der Waals surface area (Å²) in [5.41, 5.74) is 0. The fourth-order valence-corrected chi connectivity index (χ4v) is 0.446. The minimum absolute atomic E-state index is 0.729. The van der Waals surface area contributed by atoms with E-state index in [0.717, 1.165) is 7.11 Å². The summed E-state index contributed by atoms with van der Waals surface area (Å²) in [6.07, 6.45) is -16.0. The van der Waals surface area contributed by atoms with E-state index in [0.29, 0.717) is 0 Å². The molecule has 9 heteroatoms. The van der Waals surface area contributed by atoms with Gasteiger partial charge in [0.2, 0.25) is 0 Å². The zero-order valence-corrected chi connectivity index (χ0v) is 6.74.